The first-order chi connectivity index (χ1) is 4.00. The quantitative estimate of drug-likeness (QED) is 0.414. The van der Waals surface area contributed by atoms with Gasteiger partial charge in [0.25, 0.3) is 0 Å². The van der Waals surface area contributed by atoms with Crippen molar-refractivity contribution in [1.82, 2.24) is 0 Å². The molecule has 2 N–H and O–H groups in total. The van der Waals surface area contributed by atoms with E-state index in [9.17, 15) is 0 Å². The van der Waals surface area contributed by atoms with Crippen LogP contribution in [0.5, 0.6) is 0 Å². The van der Waals surface area contributed by atoms with Crippen LogP contribution in [0.2, 0.25) is 19.6 Å². The van der Waals surface area contributed by atoms with Gasteiger partial charge in [0.2, 0.25) is 0 Å². The average Bonchev–Trinajstić information content (AvgIpc) is 1.12. The van der Waals surface area contributed by atoms with Gasteiger partial charge >= 0.3 is 53.5 Å². The number of hydrogen-bond donors (Lipinski definition) is 2. The van der Waals surface area contributed by atoms with E-state index in [1.165, 1.54) is 0 Å². The summed E-state index contributed by atoms with van der Waals surface area (Å²) in [5, 5.41) is 0. The third kappa shape index (κ3) is 1100. The van der Waals surface area contributed by atoms with Gasteiger partial charge in [-0.1, -0.05) is 0 Å². The van der Waals surface area contributed by atoms with Crippen molar-refractivity contribution in [3.8, 4) is 0 Å². The summed E-state index contributed by atoms with van der Waals surface area (Å²) in [5.41, 5.74) is 0. The zero-order chi connectivity index (χ0) is 9.00. The Balaban J connectivity index is 0. The Kier molecular flexibility index (Phi) is 6.03. The SMILES string of the molecule is O=S(=O)(O)O.[Li][Si](C)(C)C. The van der Waals surface area contributed by atoms with Crippen LogP contribution in [-0.2, 0) is 10.4 Å². The van der Waals surface area contributed by atoms with Gasteiger partial charge in [-0.3, -0.25) is 9.11 Å². The summed E-state index contributed by atoms with van der Waals surface area (Å²) in [4.78, 5) is 0. The van der Waals surface area contributed by atoms with Crippen LogP contribution >= 0.6 is 0 Å². The maximum atomic E-state index is 8.74. The predicted molar refractivity (Wildman–Crippen MR) is 43.3 cm³/mol. The van der Waals surface area contributed by atoms with Gasteiger partial charge < -0.3 is 0 Å². The van der Waals surface area contributed by atoms with E-state index in [1.54, 1.807) is 0 Å². The molecule has 0 aromatic heterocycles. The molecule has 0 amide bonds. The molecule has 0 unspecified atom stereocenters. The molecule has 0 spiro atoms. The molecule has 0 rings (SSSR count). The molecule has 0 radical (unpaired) electrons. The van der Waals surface area contributed by atoms with E-state index in [1.807, 2.05) is 0 Å². The van der Waals surface area contributed by atoms with Crippen molar-refractivity contribution in [3.63, 3.8) is 0 Å². The summed E-state index contributed by atoms with van der Waals surface area (Å²) < 4.78 is 31.6. The monoisotopic (exact) mass is 178 g/mol. The minimum absolute atomic E-state index is 0.611. The molecule has 7 heteroatoms. The molecule has 0 atom stereocenters. The Hall–Kier alpha value is 0.684. The molecule has 10 heavy (non-hydrogen) atoms. The first-order valence-electron chi connectivity index (χ1n) is 2.70. The summed E-state index contributed by atoms with van der Waals surface area (Å²) in [5.74, 6) is 0. The van der Waals surface area contributed by atoms with Crippen molar-refractivity contribution in [3.05, 3.63) is 0 Å². The van der Waals surface area contributed by atoms with E-state index in [0.29, 0.717) is 0 Å². The van der Waals surface area contributed by atoms with Crippen molar-refractivity contribution in [1.29, 1.82) is 0 Å². The topological polar surface area (TPSA) is 74.6 Å². The standard InChI is InChI=1S/C3H9Si.Li.H2O4S/c1-4(2)3;;1-5(2,3)4/h1-3H3;;(H2,1,2,3,4). The molecular formula is C3H11LiO4SSi. The second-order valence-electron chi connectivity index (χ2n) is 3.45. The zero-order valence-corrected chi connectivity index (χ0v) is 8.44. The van der Waals surface area contributed by atoms with Gasteiger partial charge in [0.1, 0.15) is 0 Å². The van der Waals surface area contributed by atoms with Gasteiger partial charge in [-0.25, -0.2) is 0 Å². The van der Waals surface area contributed by atoms with Crippen molar-refractivity contribution in [2.45, 2.75) is 19.6 Å². The Morgan fingerprint density at radius 3 is 1.20 bits per heavy atom. The van der Waals surface area contributed by atoms with Crippen LogP contribution in [0.15, 0.2) is 0 Å². The van der Waals surface area contributed by atoms with Gasteiger partial charge in [0.05, 0.1) is 0 Å². The molecule has 0 saturated heterocycles. The molecule has 0 heterocycles. The Morgan fingerprint density at radius 2 is 1.20 bits per heavy atom. The summed E-state index contributed by atoms with van der Waals surface area (Å²) in [7, 11) is -4.67. The Labute approximate surface area is 71.2 Å². The Bertz CT molecular complexity index is 155. The van der Waals surface area contributed by atoms with Crippen LogP contribution in [0.1, 0.15) is 0 Å². The van der Waals surface area contributed by atoms with Crippen LogP contribution in [0.25, 0.3) is 0 Å². The second-order valence-corrected chi connectivity index (χ2v) is 10.3. The van der Waals surface area contributed by atoms with Crippen LogP contribution in [0.4, 0.5) is 0 Å². The van der Waals surface area contributed by atoms with Gasteiger partial charge in [-0.15, -0.1) is 0 Å². The van der Waals surface area contributed by atoms with E-state index in [0.717, 1.165) is 0 Å². The number of rotatable bonds is 0. The molecule has 0 fully saturated rings. The molecule has 0 saturated carbocycles. The summed E-state index contributed by atoms with van der Waals surface area (Å²) in [6, 6.07) is 0. The first-order valence-corrected chi connectivity index (χ1v) is 8.10. The number of hydrogen-bond acceptors (Lipinski definition) is 2. The summed E-state index contributed by atoms with van der Waals surface area (Å²) >= 11 is 2.33. The fraction of sp³-hybridized carbons (Fsp3) is 1.00. The molecule has 0 aromatic carbocycles. The van der Waals surface area contributed by atoms with E-state index in [2.05, 4.69) is 36.7 Å². The van der Waals surface area contributed by atoms with E-state index in [-0.39, 0.29) is 0 Å². The molecule has 58 valence electrons. The summed E-state index contributed by atoms with van der Waals surface area (Å²) in [6.45, 7) is 6.98. The minimum atomic E-state index is -4.67. The zero-order valence-electron chi connectivity index (χ0n) is 6.62. The predicted octanol–water partition coefficient (Wildman–Crippen LogP) is 0.337. The van der Waals surface area contributed by atoms with E-state index >= 15 is 0 Å². The average molecular weight is 178 g/mol. The second kappa shape index (κ2) is 4.54. The molecular weight excluding hydrogens is 167 g/mol. The molecule has 0 bridgehead atoms. The van der Waals surface area contributed by atoms with Crippen LogP contribution in [0.3, 0.4) is 0 Å². The van der Waals surface area contributed by atoms with Crippen molar-refractivity contribution < 1.29 is 17.5 Å². The van der Waals surface area contributed by atoms with Gasteiger partial charge in [0, 0.05) is 0 Å². The Morgan fingerprint density at radius 1 is 1.20 bits per heavy atom. The maximum absolute atomic E-state index is 8.74. The molecule has 4 nitrogen and oxygen atoms in total. The molecule has 0 aliphatic heterocycles. The fourth-order valence-electron chi connectivity index (χ4n) is 0. The van der Waals surface area contributed by atoms with Crippen LogP contribution < -0.4 is 0 Å². The fourth-order valence-corrected chi connectivity index (χ4v) is 0. The third-order valence-corrected chi connectivity index (χ3v) is 0. The van der Waals surface area contributed by atoms with Crippen molar-refractivity contribution in [2.75, 3.05) is 0 Å². The van der Waals surface area contributed by atoms with Crippen LogP contribution in [-0.4, -0.2) is 41.0 Å². The van der Waals surface area contributed by atoms with Crippen molar-refractivity contribution >= 4 is 33.8 Å². The van der Waals surface area contributed by atoms with E-state index in [4.69, 9.17) is 17.5 Å². The van der Waals surface area contributed by atoms with Crippen LogP contribution in [0, 0.1) is 0 Å². The normalized spacial score (nSPS) is 11.9. The molecule has 0 aliphatic rings. The van der Waals surface area contributed by atoms with Gasteiger partial charge in [-0.2, -0.15) is 8.42 Å². The van der Waals surface area contributed by atoms with Gasteiger partial charge in [0.15, 0.2) is 0 Å². The summed E-state index contributed by atoms with van der Waals surface area (Å²) in [6.07, 6.45) is -0.611. The van der Waals surface area contributed by atoms with Crippen molar-refractivity contribution in [2.24, 2.45) is 0 Å². The third-order valence-electron chi connectivity index (χ3n) is 0. The van der Waals surface area contributed by atoms with E-state index < -0.39 is 16.8 Å². The first kappa shape index (κ1) is 13.3. The molecule has 0 aromatic rings. The van der Waals surface area contributed by atoms with Gasteiger partial charge in [-0.05, 0) is 0 Å². The molecule has 0 aliphatic carbocycles.